The largest absolute Gasteiger partial charge is 0.382 e. The second kappa shape index (κ2) is 3.68. The van der Waals surface area contributed by atoms with Crippen molar-refractivity contribution < 1.29 is 0 Å². The van der Waals surface area contributed by atoms with Gasteiger partial charge in [-0.2, -0.15) is 5.10 Å². The van der Waals surface area contributed by atoms with E-state index in [-0.39, 0.29) is 0 Å². The van der Waals surface area contributed by atoms with Crippen LogP contribution in [0.2, 0.25) is 0 Å². The Kier molecular flexibility index (Phi) is 2.37. The molecule has 0 aliphatic heterocycles. The predicted molar refractivity (Wildman–Crippen MR) is 57.7 cm³/mol. The van der Waals surface area contributed by atoms with Crippen LogP contribution in [0.15, 0.2) is 24.7 Å². The van der Waals surface area contributed by atoms with Crippen LogP contribution in [0.1, 0.15) is 25.5 Å². The van der Waals surface area contributed by atoms with Crippen LogP contribution >= 0.6 is 0 Å². The molecule has 0 unspecified atom stereocenters. The van der Waals surface area contributed by atoms with Gasteiger partial charge in [0.25, 0.3) is 0 Å². The molecule has 0 radical (unpaired) electrons. The van der Waals surface area contributed by atoms with Crippen molar-refractivity contribution in [2.45, 2.75) is 19.8 Å². The Morgan fingerprint density at radius 1 is 1.33 bits per heavy atom. The van der Waals surface area contributed by atoms with E-state index in [1.807, 2.05) is 12.3 Å². The number of aromatic nitrogens is 4. The molecular formula is C10H13N5. The Hall–Kier alpha value is -1.91. The summed E-state index contributed by atoms with van der Waals surface area (Å²) in [7, 11) is 0. The van der Waals surface area contributed by atoms with Gasteiger partial charge in [0.2, 0.25) is 0 Å². The van der Waals surface area contributed by atoms with Crippen molar-refractivity contribution in [1.29, 1.82) is 0 Å². The third-order valence-corrected chi connectivity index (χ3v) is 2.08. The first kappa shape index (κ1) is 9.64. The van der Waals surface area contributed by atoms with Gasteiger partial charge in [-0.05, 0) is 12.0 Å². The van der Waals surface area contributed by atoms with Crippen LogP contribution in [0.4, 0.5) is 5.82 Å². The standard InChI is InChI=1S/C10H13N5/c1-7(2)8-3-4-15(14-8)10-6-12-5-9(11)13-10/h3-7H,1-2H3,(H2,11,13). The lowest BCUT2D eigenvalue weighted by Gasteiger charge is -2.01. The highest BCUT2D eigenvalue weighted by molar-refractivity contribution is 5.30. The fourth-order valence-electron chi connectivity index (χ4n) is 1.25. The van der Waals surface area contributed by atoms with Crippen LogP contribution in [0, 0.1) is 0 Å². The number of rotatable bonds is 2. The van der Waals surface area contributed by atoms with Crippen LogP contribution in [0.3, 0.4) is 0 Å². The van der Waals surface area contributed by atoms with E-state index in [2.05, 4.69) is 28.9 Å². The van der Waals surface area contributed by atoms with Crippen LogP contribution in [0.25, 0.3) is 5.82 Å². The number of nitrogen functional groups attached to an aromatic ring is 1. The van der Waals surface area contributed by atoms with E-state index >= 15 is 0 Å². The monoisotopic (exact) mass is 203 g/mol. The molecule has 78 valence electrons. The van der Waals surface area contributed by atoms with Gasteiger partial charge < -0.3 is 5.73 Å². The van der Waals surface area contributed by atoms with Crippen LogP contribution < -0.4 is 5.73 Å². The second-order valence-corrected chi connectivity index (χ2v) is 3.64. The number of hydrogen-bond acceptors (Lipinski definition) is 4. The molecule has 0 amide bonds. The molecule has 0 aromatic carbocycles. The summed E-state index contributed by atoms with van der Waals surface area (Å²) in [6, 6.07) is 1.97. The number of nitrogens with two attached hydrogens (primary N) is 1. The fraction of sp³-hybridized carbons (Fsp3) is 0.300. The van der Waals surface area contributed by atoms with Gasteiger partial charge in [0.05, 0.1) is 18.1 Å². The molecule has 0 fully saturated rings. The molecule has 0 aliphatic carbocycles. The Labute approximate surface area is 88.0 Å². The maximum Gasteiger partial charge on any atom is 0.173 e. The summed E-state index contributed by atoms with van der Waals surface area (Å²) in [5.41, 5.74) is 6.57. The smallest absolute Gasteiger partial charge is 0.173 e. The maximum atomic E-state index is 5.55. The first-order chi connectivity index (χ1) is 7.16. The highest BCUT2D eigenvalue weighted by atomic mass is 15.3. The van der Waals surface area contributed by atoms with Crippen molar-refractivity contribution in [2.24, 2.45) is 0 Å². The van der Waals surface area contributed by atoms with Gasteiger partial charge in [0.15, 0.2) is 5.82 Å². The molecule has 0 aliphatic rings. The fourth-order valence-corrected chi connectivity index (χ4v) is 1.25. The first-order valence-corrected chi connectivity index (χ1v) is 4.80. The average molecular weight is 203 g/mol. The van der Waals surface area contributed by atoms with Gasteiger partial charge in [-0.1, -0.05) is 13.8 Å². The summed E-state index contributed by atoms with van der Waals surface area (Å²) in [5.74, 6) is 1.44. The quantitative estimate of drug-likeness (QED) is 0.800. The third kappa shape index (κ3) is 1.96. The van der Waals surface area contributed by atoms with Crippen LogP contribution in [-0.4, -0.2) is 19.7 Å². The Morgan fingerprint density at radius 2 is 2.13 bits per heavy atom. The van der Waals surface area contributed by atoms with Crippen molar-refractivity contribution in [1.82, 2.24) is 19.7 Å². The molecule has 0 bridgehead atoms. The Bertz CT molecular complexity index is 460. The van der Waals surface area contributed by atoms with Crippen molar-refractivity contribution in [3.8, 4) is 5.82 Å². The van der Waals surface area contributed by atoms with Crippen molar-refractivity contribution in [2.75, 3.05) is 5.73 Å². The molecule has 0 saturated carbocycles. The molecule has 2 N–H and O–H groups in total. The van der Waals surface area contributed by atoms with E-state index in [9.17, 15) is 0 Å². The third-order valence-electron chi connectivity index (χ3n) is 2.08. The van der Waals surface area contributed by atoms with Crippen molar-refractivity contribution in [3.63, 3.8) is 0 Å². The molecule has 2 aromatic heterocycles. The normalized spacial score (nSPS) is 10.9. The zero-order valence-corrected chi connectivity index (χ0v) is 8.75. The summed E-state index contributed by atoms with van der Waals surface area (Å²) in [6.45, 7) is 4.19. The lowest BCUT2D eigenvalue weighted by molar-refractivity contribution is 0.756. The number of anilines is 1. The van der Waals surface area contributed by atoms with E-state index in [1.165, 1.54) is 6.20 Å². The van der Waals surface area contributed by atoms with Gasteiger partial charge in [0, 0.05) is 6.20 Å². The second-order valence-electron chi connectivity index (χ2n) is 3.64. The molecule has 2 aromatic rings. The van der Waals surface area contributed by atoms with Crippen molar-refractivity contribution >= 4 is 5.82 Å². The van der Waals surface area contributed by atoms with Crippen LogP contribution in [-0.2, 0) is 0 Å². The van der Waals surface area contributed by atoms with E-state index < -0.39 is 0 Å². The highest BCUT2D eigenvalue weighted by Crippen LogP contribution is 2.12. The zero-order valence-electron chi connectivity index (χ0n) is 8.75. The summed E-state index contributed by atoms with van der Waals surface area (Å²) in [5, 5.41) is 4.38. The SMILES string of the molecule is CC(C)c1ccn(-c2cncc(N)n2)n1. The Morgan fingerprint density at radius 3 is 2.73 bits per heavy atom. The van der Waals surface area contributed by atoms with Gasteiger partial charge in [-0.3, -0.25) is 4.98 Å². The first-order valence-electron chi connectivity index (χ1n) is 4.80. The minimum absolute atomic E-state index is 0.397. The Balaban J connectivity index is 2.37. The molecule has 15 heavy (non-hydrogen) atoms. The van der Waals surface area contributed by atoms with E-state index in [4.69, 9.17) is 5.73 Å². The van der Waals surface area contributed by atoms with E-state index in [1.54, 1.807) is 10.9 Å². The molecule has 5 heteroatoms. The van der Waals surface area contributed by atoms with Gasteiger partial charge in [0.1, 0.15) is 5.82 Å². The molecule has 0 saturated heterocycles. The predicted octanol–water partition coefficient (Wildman–Crippen LogP) is 1.37. The summed E-state index contributed by atoms with van der Waals surface area (Å²) in [6.07, 6.45) is 5.00. The zero-order chi connectivity index (χ0) is 10.8. The average Bonchev–Trinajstić information content (AvgIpc) is 2.66. The van der Waals surface area contributed by atoms with Gasteiger partial charge >= 0.3 is 0 Å². The van der Waals surface area contributed by atoms with E-state index in [0.717, 1.165) is 5.69 Å². The maximum absolute atomic E-state index is 5.55. The molecule has 0 spiro atoms. The molecular weight excluding hydrogens is 190 g/mol. The summed E-state index contributed by atoms with van der Waals surface area (Å²) < 4.78 is 1.68. The summed E-state index contributed by atoms with van der Waals surface area (Å²) >= 11 is 0. The van der Waals surface area contributed by atoms with Gasteiger partial charge in [-0.15, -0.1) is 0 Å². The van der Waals surface area contributed by atoms with E-state index in [0.29, 0.717) is 17.6 Å². The van der Waals surface area contributed by atoms with Crippen molar-refractivity contribution in [3.05, 3.63) is 30.4 Å². The molecule has 2 rings (SSSR count). The van der Waals surface area contributed by atoms with Gasteiger partial charge in [-0.25, -0.2) is 9.67 Å². The lowest BCUT2D eigenvalue weighted by atomic mass is 10.1. The lowest BCUT2D eigenvalue weighted by Crippen LogP contribution is -2.02. The summed E-state index contributed by atoms with van der Waals surface area (Å²) in [4.78, 5) is 8.10. The number of nitrogens with zero attached hydrogens (tertiary/aromatic N) is 4. The molecule has 2 heterocycles. The van der Waals surface area contributed by atoms with Crippen LogP contribution in [0.5, 0.6) is 0 Å². The minimum Gasteiger partial charge on any atom is -0.382 e. The molecule has 0 atom stereocenters. The highest BCUT2D eigenvalue weighted by Gasteiger charge is 2.05. The topological polar surface area (TPSA) is 69.6 Å². The number of hydrogen-bond donors (Lipinski definition) is 1. The minimum atomic E-state index is 0.397. The molecule has 5 nitrogen and oxygen atoms in total.